The van der Waals surface area contributed by atoms with Gasteiger partial charge in [-0.25, -0.2) is 13.1 Å². The summed E-state index contributed by atoms with van der Waals surface area (Å²) in [6.07, 6.45) is -5.60. The van der Waals surface area contributed by atoms with Crippen molar-refractivity contribution in [3.63, 3.8) is 0 Å². The highest BCUT2D eigenvalue weighted by Gasteiger charge is 2.31. The summed E-state index contributed by atoms with van der Waals surface area (Å²) in [7, 11) is -4.12. The largest absolute Gasteiger partial charge is 0.447 e. The van der Waals surface area contributed by atoms with Crippen LogP contribution in [0.25, 0.3) is 0 Å². The van der Waals surface area contributed by atoms with Gasteiger partial charge < -0.3 is 4.74 Å². The van der Waals surface area contributed by atoms with Gasteiger partial charge in [-0.3, -0.25) is 4.79 Å². The van der Waals surface area contributed by atoms with Crippen molar-refractivity contribution >= 4 is 16.0 Å². The number of rotatable bonds is 7. The van der Waals surface area contributed by atoms with Crippen molar-refractivity contribution in [1.29, 1.82) is 5.26 Å². The Balaban J connectivity index is 2.59. The Morgan fingerprint density at radius 3 is 2.67 bits per heavy atom. The number of nitrogens with zero attached hydrogens (tertiary/aromatic N) is 1. The summed E-state index contributed by atoms with van der Waals surface area (Å²) < 4.78 is 68.4. The summed E-state index contributed by atoms with van der Waals surface area (Å²) in [4.78, 5) is 10.8. The lowest BCUT2D eigenvalue weighted by Gasteiger charge is -2.10. The summed E-state index contributed by atoms with van der Waals surface area (Å²) in [5.41, 5.74) is -1.07. The maximum absolute atomic E-state index is 12.6. The quantitative estimate of drug-likeness (QED) is 0.591. The van der Waals surface area contributed by atoms with Gasteiger partial charge in [-0.05, 0) is 31.5 Å². The third-order valence-corrected chi connectivity index (χ3v) is 4.27. The molecule has 1 N–H and O–H groups in total. The van der Waals surface area contributed by atoms with Crippen LogP contribution in [0.3, 0.4) is 0 Å². The van der Waals surface area contributed by atoms with E-state index in [0.29, 0.717) is 6.07 Å². The second-order valence-corrected chi connectivity index (χ2v) is 6.56. The second kappa shape index (κ2) is 8.12. The van der Waals surface area contributed by atoms with Crippen LogP contribution in [-0.2, 0) is 25.7 Å². The average Bonchev–Trinajstić information content (AvgIpc) is 2.50. The first-order chi connectivity index (χ1) is 11.1. The number of nitrogens with one attached hydrogen (secondary N) is 1. The molecule has 6 nitrogen and oxygen atoms in total. The van der Waals surface area contributed by atoms with Crippen molar-refractivity contribution in [2.45, 2.75) is 36.9 Å². The van der Waals surface area contributed by atoms with Gasteiger partial charge in [0, 0.05) is 13.0 Å². The van der Waals surface area contributed by atoms with E-state index in [-0.39, 0.29) is 19.4 Å². The van der Waals surface area contributed by atoms with Crippen LogP contribution < -0.4 is 4.72 Å². The van der Waals surface area contributed by atoms with E-state index in [1.165, 1.54) is 6.92 Å². The summed E-state index contributed by atoms with van der Waals surface area (Å²) in [5, 5.41) is 8.47. The standard InChI is InChI=1S/C14H15F3N2O4S/c1-10(9-18)23-13(20)6-3-7-19-24(21,22)12-5-2-4-11(8-12)14(15,16)17/h2,4-5,8,10,19H,3,6-7H2,1H3/t10-/m0/s1. The highest BCUT2D eigenvalue weighted by molar-refractivity contribution is 7.89. The molecule has 1 aromatic rings. The van der Waals surface area contributed by atoms with Crippen LogP contribution in [0, 0.1) is 11.3 Å². The van der Waals surface area contributed by atoms with Gasteiger partial charge in [0.25, 0.3) is 0 Å². The highest BCUT2D eigenvalue weighted by atomic mass is 32.2. The molecule has 0 aliphatic carbocycles. The van der Waals surface area contributed by atoms with Crippen LogP contribution in [0.1, 0.15) is 25.3 Å². The molecule has 1 aromatic carbocycles. The predicted octanol–water partition coefficient (Wildman–Crippen LogP) is 2.22. The van der Waals surface area contributed by atoms with E-state index in [9.17, 15) is 26.4 Å². The van der Waals surface area contributed by atoms with Crippen molar-refractivity contribution in [2.75, 3.05) is 6.54 Å². The molecule has 0 heterocycles. The Morgan fingerprint density at radius 2 is 2.08 bits per heavy atom. The fourth-order valence-corrected chi connectivity index (χ4v) is 2.76. The molecular formula is C14H15F3N2O4S. The van der Waals surface area contributed by atoms with Crippen LogP contribution in [0.15, 0.2) is 29.2 Å². The second-order valence-electron chi connectivity index (χ2n) is 4.79. The summed E-state index contributed by atoms with van der Waals surface area (Å²) in [6, 6.07) is 5.05. The maximum atomic E-state index is 12.6. The molecule has 0 aromatic heterocycles. The summed E-state index contributed by atoms with van der Waals surface area (Å²) in [5.74, 6) is -0.665. The minimum absolute atomic E-state index is 0.0785. The van der Waals surface area contributed by atoms with Gasteiger partial charge in [0.2, 0.25) is 10.0 Å². The van der Waals surface area contributed by atoms with Crippen molar-refractivity contribution in [3.8, 4) is 6.07 Å². The Hall–Kier alpha value is -2.12. The molecule has 0 saturated carbocycles. The lowest BCUT2D eigenvalue weighted by Crippen LogP contribution is -2.26. The molecule has 1 atom stereocenters. The molecular weight excluding hydrogens is 349 g/mol. The van der Waals surface area contributed by atoms with Crippen LogP contribution in [-0.4, -0.2) is 27.0 Å². The Morgan fingerprint density at radius 1 is 1.42 bits per heavy atom. The SMILES string of the molecule is C[C@@H](C#N)OC(=O)CCCNS(=O)(=O)c1cccc(C(F)(F)F)c1. The van der Waals surface area contributed by atoms with Gasteiger partial charge in [-0.15, -0.1) is 0 Å². The average molecular weight is 364 g/mol. The van der Waals surface area contributed by atoms with Gasteiger partial charge in [0.1, 0.15) is 6.07 Å². The predicted molar refractivity (Wildman–Crippen MR) is 77.0 cm³/mol. The lowest BCUT2D eigenvalue weighted by molar-refractivity contribution is -0.146. The lowest BCUT2D eigenvalue weighted by atomic mass is 10.2. The zero-order chi connectivity index (χ0) is 18.4. The Bertz CT molecular complexity index is 726. The molecule has 0 saturated heterocycles. The van der Waals surface area contributed by atoms with Gasteiger partial charge >= 0.3 is 12.1 Å². The third kappa shape index (κ3) is 6.17. The zero-order valence-corrected chi connectivity index (χ0v) is 13.4. The van der Waals surface area contributed by atoms with Crippen molar-refractivity contribution in [3.05, 3.63) is 29.8 Å². The van der Waals surface area contributed by atoms with Gasteiger partial charge in [0.15, 0.2) is 6.10 Å². The van der Waals surface area contributed by atoms with Crippen molar-refractivity contribution < 1.29 is 31.1 Å². The van der Waals surface area contributed by atoms with Crippen LogP contribution in [0.5, 0.6) is 0 Å². The van der Waals surface area contributed by atoms with E-state index in [0.717, 1.165) is 18.2 Å². The molecule has 0 aliphatic heterocycles. The molecule has 0 aliphatic rings. The molecule has 24 heavy (non-hydrogen) atoms. The Kier molecular flexibility index (Phi) is 6.74. The van der Waals surface area contributed by atoms with Crippen LogP contribution >= 0.6 is 0 Å². The van der Waals surface area contributed by atoms with E-state index >= 15 is 0 Å². The number of hydrogen-bond acceptors (Lipinski definition) is 5. The number of ether oxygens (including phenoxy) is 1. The number of carbonyl (C=O) groups excluding carboxylic acids is 1. The first-order valence-electron chi connectivity index (χ1n) is 6.82. The smallest absolute Gasteiger partial charge is 0.416 e. The Labute approximate surface area is 137 Å². The van der Waals surface area contributed by atoms with E-state index < -0.39 is 38.7 Å². The minimum Gasteiger partial charge on any atom is -0.447 e. The molecule has 0 fully saturated rings. The molecule has 1 rings (SSSR count). The number of benzene rings is 1. The van der Waals surface area contributed by atoms with E-state index in [4.69, 9.17) is 5.26 Å². The third-order valence-electron chi connectivity index (χ3n) is 2.81. The molecule has 0 spiro atoms. The number of carbonyl (C=O) groups is 1. The molecule has 132 valence electrons. The van der Waals surface area contributed by atoms with Crippen molar-refractivity contribution in [2.24, 2.45) is 0 Å². The van der Waals surface area contributed by atoms with E-state index in [1.807, 2.05) is 0 Å². The molecule has 0 unspecified atom stereocenters. The van der Waals surface area contributed by atoms with Crippen LogP contribution in [0.2, 0.25) is 0 Å². The number of sulfonamides is 1. The summed E-state index contributed by atoms with van der Waals surface area (Å²) >= 11 is 0. The summed E-state index contributed by atoms with van der Waals surface area (Å²) in [6.45, 7) is 1.23. The first-order valence-corrected chi connectivity index (χ1v) is 8.30. The molecule has 0 amide bonds. The first kappa shape index (κ1) is 19.9. The van der Waals surface area contributed by atoms with Crippen LogP contribution in [0.4, 0.5) is 13.2 Å². The number of hydrogen-bond donors (Lipinski definition) is 1. The minimum atomic E-state index is -4.65. The van der Waals surface area contributed by atoms with E-state index in [1.54, 1.807) is 6.07 Å². The topological polar surface area (TPSA) is 96.3 Å². The normalized spacial score (nSPS) is 13.1. The number of halogens is 3. The maximum Gasteiger partial charge on any atom is 0.416 e. The number of nitriles is 1. The monoisotopic (exact) mass is 364 g/mol. The fourth-order valence-electron chi connectivity index (χ4n) is 1.64. The molecule has 10 heteroatoms. The number of esters is 1. The van der Waals surface area contributed by atoms with Gasteiger partial charge in [-0.2, -0.15) is 18.4 Å². The zero-order valence-electron chi connectivity index (χ0n) is 12.6. The van der Waals surface area contributed by atoms with Crippen molar-refractivity contribution in [1.82, 2.24) is 4.72 Å². The highest BCUT2D eigenvalue weighted by Crippen LogP contribution is 2.30. The van der Waals surface area contributed by atoms with Gasteiger partial charge in [0.05, 0.1) is 10.5 Å². The molecule has 0 radical (unpaired) electrons. The number of alkyl halides is 3. The van der Waals surface area contributed by atoms with E-state index in [2.05, 4.69) is 9.46 Å². The van der Waals surface area contributed by atoms with Gasteiger partial charge in [-0.1, -0.05) is 6.07 Å². The fraction of sp³-hybridized carbons (Fsp3) is 0.429. The molecule has 0 bridgehead atoms.